The molecule has 1 aliphatic rings. The van der Waals surface area contributed by atoms with Crippen LogP contribution in [0.2, 0.25) is 0 Å². The molecule has 1 amide bonds. The second kappa shape index (κ2) is 8.45. The quantitative estimate of drug-likeness (QED) is 0.502. The summed E-state index contributed by atoms with van der Waals surface area (Å²) in [4.78, 5) is 30.5. The van der Waals surface area contributed by atoms with E-state index in [1.54, 1.807) is 12.2 Å². The second-order valence-electron chi connectivity index (χ2n) is 5.77. The lowest BCUT2D eigenvalue weighted by molar-refractivity contribution is -0.121. The van der Waals surface area contributed by atoms with E-state index in [-0.39, 0.29) is 29.5 Å². The third-order valence-corrected chi connectivity index (χ3v) is 5.33. The van der Waals surface area contributed by atoms with E-state index in [1.807, 2.05) is 24.3 Å². The van der Waals surface area contributed by atoms with Gasteiger partial charge in [-0.1, -0.05) is 34.1 Å². The number of halogens is 1. The fourth-order valence-corrected chi connectivity index (χ4v) is 3.75. The fourth-order valence-electron chi connectivity index (χ4n) is 2.49. The Labute approximate surface area is 174 Å². The highest BCUT2D eigenvalue weighted by Crippen LogP contribution is 2.35. The third kappa shape index (κ3) is 4.35. The van der Waals surface area contributed by atoms with Gasteiger partial charge in [0.05, 0.1) is 16.2 Å². The van der Waals surface area contributed by atoms with Gasteiger partial charge in [0.15, 0.2) is 5.17 Å². The van der Waals surface area contributed by atoms with E-state index < -0.39 is 5.97 Å². The van der Waals surface area contributed by atoms with Gasteiger partial charge in [-0.05, 0) is 53.7 Å². The standard InChI is InChI=1S/C20H15BrN2O4S/c1-2-9-23-18(25)17(10-12-3-5-13(21)6-4-12)28-20(23)22-16-8-7-14(24)11-15(16)19(26)27/h2-8,10-11,24H,1,9H2,(H,26,27)/b17-10-,22-20?. The zero-order valence-corrected chi connectivity index (χ0v) is 16.9. The summed E-state index contributed by atoms with van der Waals surface area (Å²) < 4.78 is 0.934. The maximum absolute atomic E-state index is 12.8. The Bertz CT molecular complexity index is 1020. The number of hydrogen-bond donors (Lipinski definition) is 2. The van der Waals surface area contributed by atoms with Crippen molar-refractivity contribution >= 4 is 56.5 Å². The highest BCUT2D eigenvalue weighted by Gasteiger charge is 2.33. The van der Waals surface area contributed by atoms with Gasteiger partial charge in [-0.2, -0.15) is 0 Å². The van der Waals surface area contributed by atoms with Crippen molar-refractivity contribution in [2.45, 2.75) is 0 Å². The normalized spacial score (nSPS) is 16.8. The molecule has 1 fully saturated rings. The predicted molar refractivity (Wildman–Crippen MR) is 114 cm³/mol. The van der Waals surface area contributed by atoms with Gasteiger partial charge in [-0.15, -0.1) is 6.58 Å². The van der Waals surface area contributed by atoms with Gasteiger partial charge in [0.25, 0.3) is 5.91 Å². The van der Waals surface area contributed by atoms with E-state index in [2.05, 4.69) is 27.5 Å². The maximum atomic E-state index is 12.8. The highest BCUT2D eigenvalue weighted by molar-refractivity contribution is 9.10. The van der Waals surface area contributed by atoms with Crippen molar-refractivity contribution in [3.05, 3.63) is 75.6 Å². The molecule has 2 N–H and O–H groups in total. The van der Waals surface area contributed by atoms with Crippen LogP contribution in [-0.2, 0) is 4.79 Å². The van der Waals surface area contributed by atoms with E-state index in [0.29, 0.717) is 10.1 Å². The monoisotopic (exact) mass is 458 g/mol. The topological polar surface area (TPSA) is 90.2 Å². The summed E-state index contributed by atoms with van der Waals surface area (Å²) in [5, 5.41) is 19.2. The van der Waals surface area contributed by atoms with Crippen LogP contribution in [0.5, 0.6) is 5.75 Å². The first kappa shape index (κ1) is 19.9. The van der Waals surface area contributed by atoms with Crippen molar-refractivity contribution in [2.24, 2.45) is 4.99 Å². The number of carbonyl (C=O) groups is 2. The Morgan fingerprint density at radius 1 is 1.25 bits per heavy atom. The number of nitrogens with zero attached hydrogens (tertiary/aromatic N) is 2. The lowest BCUT2D eigenvalue weighted by atomic mass is 10.2. The van der Waals surface area contributed by atoms with Gasteiger partial charge in [0.2, 0.25) is 0 Å². The van der Waals surface area contributed by atoms with Crippen LogP contribution in [0.1, 0.15) is 15.9 Å². The molecule has 3 rings (SSSR count). The first-order chi connectivity index (χ1) is 13.4. The first-order valence-electron chi connectivity index (χ1n) is 8.12. The number of carbonyl (C=O) groups excluding carboxylic acids is 1. The molecule has 142 valence electrons. The van der Waals surface area contributed by atoms with Crippen molar-refractivity contribution < 1.29 is 19.8 Å². The SMILES string of the molecule is C=CCN1C(=O)/C(=C/c2ccc(Br)cc2)SC1=Nc1ccc(O)cc1C(=O)O. The van der Waals surface area contributed by atoms with E-state index in [4.69, 9.17) is 0 Å². The molecule has 1 heterocycles. The second-order valence-corrected chi connectivity index (χ2v) is 7.69. The largest absolute Gasteiger partial charge is 0.508 e. The van der Waals surface area contributed by atoms with Crippen molar-refractivity contribution in [3.63, 3.8) is 0 Å². The van der Waals surface area contributed by atoms with E-state index in [9.17, 15) is 19.8 Å². The van der Waals surface area contributed by atoms with Gasteiger partial charge in [0.1, 0.15) is 5.75 Å². The molecular weight excluding hydrogens is 444 g/mol. The van der Waals surface area contributed by atoms with Crippen LogP contribution in [0.3, 0.4) is 0 Å². The zero-order chi connectivity index (χ0) is 20.3. The average molecular weight is 459 g/mol. The number of aromatic carboxylic acids is 1. The number of phenols is 1. The predicted octanol–water partition coefficient (Wildman–Crippen LogP) is 4.64. The van der Waals surface area contributed by atoms with Crippen LogP contribution >= 0.6 is 27.7 Å². The lowest BCUT2D eigenvalue weighted by Crippen LogP contribution is -2.29. The van der Waals surface area contributed by atoms with Gasteiger partial charge < -0.3 is 10.2 Å². The number of aromatic hydroxyl groups is 1. The van der Waals surface area contributed by atoms with Crippen molar-refractivity contribution in [1.29, 1.82) is 0 Å². The summed E-state index contributed by atoms with van der Waals surface area (Å²) in [6.07, 6.45) is 3.33. The molecule has 0 atom stereocenters. The number of amidine groups is 1. The van der Waals surface area contributed by atoms with Crippen molar-refractivity contribution in [3.8, 4) is 5.75 Å². The van der Waals surface area contributed by atoms with Gasteiger partial charge in [-0.25, -0.2) is 9.79 Å². The molecule has 0 saturated carbocycles. The molecule has 0 aliphatic carbocycles. The highest BCUT2D eigenvalue weighted by atomic mass is 79.9. The minimum Gasteiger partial charge on any atom is -0.508 e. The van der Waals surface area contributed by atoms with Crippen LogP contribution in [0.15, 0.2) is 69.5 Å². The third-order valence-electron chi connectivity index (χ3n) is 3.79. The number of carboxylic acid groups (broad SMARTS) is 1. The van der Waals surface area contributed by atoms with Crippen LogP contribution in [0, 0.1) is 0 Å². The molecule has 6 nitrogen and oxygen atoms in total. The van der Waals surface area contributed by atoms with Gasteiger partial charge >= 0.3 is 5.97 Å². The molecule has 0 radical (unpaired) electrons. The van der Waals surface area contributed by atoms with Gasteiger partial charge in [-0.3, -0.25) is 9.69 Å². The summed E-state index contributed by atoms with van der Waals surface area (Å²) in [5.41, 5.74) is 0.860. The Morgan fingerprint density at radius 3 is 2.61 bits per heavy atom. The number of hydrogen-bond acceptors (Lipinski definition) is 5. The Morgan fingerprint density at radius 2 is 1.96 bits per heavy atom. The number of benzene rings is 2. The van der Waals surface area contributed by atoms with Crippen LogP contribution in [-0.4, -0.2) is 38.7 Å². The number of phenolic OH excluding ortho intramolecular Hbond substituents is 1. The molecule has 0 unspecified atom stereocenters. The molecule has 8 heteroatoms. The molecule has 0 spiro atoms. The molecule has 28 heavy (non-hydrogen) atoms. The molecule has 0 aromatic heterocycles. The Hall–Kier alpha value is -2.84. The number of rotatable bonds is 5. The summed E-state index contributed by atoms with van der Waals surface area (Å²) in [7, 11) is 0. The molecule has 2 aromatic carbocycles. The summed E-state index contributed by atoms with van der Waals surface area (Å²) in [5.74, 6) is -1.62. The van der Waals surface area contributed by atoms with Crippen LogP contribution < -0.4 is 0 Å². The molecule has 1 saturated heterocycles. The van der Waals surface area contributed by atoms with Crippen molar-refractivity contribution in [2.75, 3.05) is 6.54 Å². The lowest BCUT2D eigenvalue weighted by Gasteiger charge is -2.13. The Balaban J connectivity index is 2.01. The molecular formula is C20H15BrN2O4S. The van der Waals surface area contributed by atoms with E-state index >= 15 is 0 Å². The first-order valence-corrected chi connectivity index (χ1v) is 9.73. The summed E-state index contributed by atoms with van der Waals surface area (Å²) in [6, 6.07) is 11.4. The molecule has 2 aromatic rings. The minimum atomic E-state index is -1.22. The van der Waals surface area contributed by atoms with E-state index in [1.165, 1.54) is 17.0 Å². The van der Waals surface area contributed by atoms with Crippen LogP contribution in [0.4, 0.5) is 5.69 Å². The average Bonchev–Trinajstić information content (AvgIpc) is 2.94. The zero-order valence-electron chi connectivity index (χ0n) is 14.5. The van der Waals surface area contributed by atoms with Crippen LogP contribution in [0.25, 0.3) is 6.08 Å². The maximum Gasteiger partial charge on any atom is 0.338 e. The summed E-state index contributed by atoms with van der Waals surface area (Å²) >= 11 is 4.53. The number of amides is 1. The minimum absolute atomic E-state index is 0.149. The fraction of sp³-hybridized carbons (Fsp3) is 0.0500. The smallest absolute Gasteiger partial charge is 0.338 e. The van der Waals surface area contributed by atoms with Gasteiger partial charge in [0, 0.05) is 11.0 Å². The van der Waals surface area contributed by atoms with E-state index in [0.717, 1.165) is 27.9 Å². The molecule has 1 aliphatic heterocycles. The number of aliphatic imine (C=N–C) groups is 1. The summed E-state index contributed by atoms with van der Waals surface area (Å²) in [6.45, 7) is 3.91. The number of thioether (sulfide) groups is 1. The van der Waals surface area contributed by atoms with Crippen molar-refractivity contribution in [1.82, 2.24) is 4.90 Å². The molecule has 0 bridgehead atoms. The Kier molecular flexibility index (Phi) is 6.01. The number of carboxylic acids is 1.